The molecule has 0 radical (unpaired) electrons. The average molecular weight is 601 g/mol. The van der Waals surface area contributed by atoms with E-state index in [2.05, 4.69) is 21.2 Å². The minimum atomic E-state index is -4.06. The Bertz CT molecular complexity index is 1310. The van der Waals surface area contributed by atoms with Crippen LogP contribution >= 0.6 is 15.9 Å². The summed E-state index contributed by atoms with van der Waals surface area (Å²) < 4.78 is 29.4. The Hall–Kier alpha value is -3.17. The third-order valence-corrected chi connectivity index (χ3v) is 8.51. The highest BCUT2D eigenvalue weighted by Crippen LogP contribution is 2.25. The van der Waals surface area contributed by atoms with Crippen LogP contribution in [0.3, 0.4) is 0 Å². The molecule has 0 spiro atoms. The van der Waals surface area contributed by atoms with Crippen molar-refractivity contribution in [2.24, 2.45) is 0 Å². The first-order valence-corrected chi connectivity index (χ1v) is 14.8. The third-order valence-electron chi connectivity index (χ3n) is 6.20. The highest BCUT2D eigenvalue weighted by molar-refractivity contribution is 9.10. The maximum absolute atomic E-state index is 13.8. The van der Waals surface area contributed by atoms with Gasteiger partial charge < -0.3 is 10.2 Å². The van der Waals surface area contributed by atoms with Gasteiger partial charge in [0.2, 0.25) is 11.8 Å². The second-order valence-corrected chi connectivity index (χ2v) is 11.9. The van der Waals surface area contributed by atoms with Crippen molar-refractivity contribution in [1.29, 1.82) is 0 Å². The topological polar surface area (TPSA) is 86.8 Å². The number of amides is 2. The minimum absolute atomic E-state index is 0.0817. The van der Waals surface area contributed by atoms with Gasteiger partial charge in [-0.15, -0.1) is 0 Å². The Morgan fingerprint density at radius 2 is 1.58 bits per heavy atom. The minimum Gasteiger partial charge on any atom is -0.354 e. The number of hydrogen-bond donors (Lipinski definition) is 1. The first-order chi connectivity index (χ1) is 18.1. The van der Waals surface area contributed by atoms with E-state index in [1.54, 1.807) is 49.4 Å². The van der Waals surface area contributed by atoms with Gasteiger partial charge in [0, 0.05) is 17.6 Å². The van der Waals surface area contributed by atoms with Crippen LogP contribution in [0.4, 0.5) is 5.69 Å². The van der Waals surface area contributed by atoms with Crippen molar-refractivity contribution >= 4 is 43.5 Å². The molecule has 9 heteroatoms. The molecule has 3 aromatic rings. The molecule has 0 aliphatic rings. The fourth-order valence-electron chi connectivity index (χ4n) is 3.86. The number of sulfonamides is 1. The van der Waals surface area contributed by atoms with Crippen LogP contribution in [0, 0.1) is 6.92 Å². The lowest BCUT2D eigenvalue weighted by Crippen LogP contribution is -2.51. The van der Waals surface area contributed by atoms with Gasteiger partial charge in [-0.3, -0.25) is 13.9 Å². The van der Waals surface area contributed by atoms with E-state index < -0.39 is 28.5 Å². The van der Waals surface area contributed by atoms with Gasteiger partial charge in [0.05, 0.1) is 10.6 Å². The number of aryl methyl sites for hydroxylation is 1. The number of rotatable bonds is 12. The van der Waals surface area contributed by atoms with E-state index >= 15 is 0 Å². The van der Waals surface area contributed by atoms with Crippen LogP contribution in [0.5, 0.6) is 0 Å². The SMILES string of the molecule is CCCCNC(=O)[C@H](C)N(Cc1ccc(Br)cc1)C(=O)CN(c1ccc(C)cc1)S(=O)(=O)c1ccccc1. The van der Waals surface area contributed by atoms with Crippen LogP contribution in [-0.2, 0) is 26.2 Å². The number of carbonyl (C=O) groups excluding carboxylic acids is 2. The summed E-state index contributed by atoms with van der Waals surface area (Å²) in [6.45, 7) is 5.82. The Morgan fingerprint density at radius 1 is 0.947 bits per heavy atom. The normalized spacial score (nSPS) is 12.0. The Kier molecular flexibility index (Phi) is 10.5. The van der Waals surface area contributed by atoms with Crippen LogP contribution in [-0.4, -0.2) is 44.3 Å². The Balaban J connectivity index is 1.97. The van der Waals surface area contributed by atoms with Crippen LogP contribution in [0.25, 0.3) is 0 Å². The zero-order chi connectivity index (χ0) is 27.7. The second-order valence-electron chi connectivity index (χ2n) is 9.13. The van der Waals surface area contributed by atoms with Crippen LogP contribution in [0.15, 0.2) is 88.2 Å². The summed E-state index contributed by atoms with van der Waals surface area (Å²) in [5, 5.41) is 2.89. The average Bonchev–Trinajstić information content (AvgIpc) is 2.92. The van der Waals surface area contributed by atoms with E-state index in [1.165, 1.54) is 17.0 Å². The first-order valence-electron chi connectivity index (χ1n) is 12.6. The number of carbonyl (C=O) groups is 2. The smallest absolute Gasteiger partial charge is 0.264 e. The van der Waals surface area contributed by atoms with Gasteiger partial charge in [-0.05, 0) is 62.2 Å². The molecule has 1 atom stereocenters. The van der Waals surface area contributed by atoms with Crippen molar-refractivity contribution < 1.29 is 18.0 Å². The lowest BCUT2D eigenvalue weighted by Gasteiger charge is -2.32. The molecule has 1 N–H and O–H groups in total. The summed E-state index contributed by atoms with van der Waals surface area (Å²) in [6, 6.07) is 21.7. The molecule has 0 saturated heterocycles. The van der Waals surface area contributed by atoms with Crippen molar-refractivity contribution in [2.75, 3.05) is 17.4 Å². The molecule has 202 valence electrons. The zero-order valence-electron chi connectivity index (χ0n) is 21.9. The van der Waals surface area contributed by atoms with Gasteiger partial charge >= 0.3 is 0 Å². The Labute approximate surface area is 234 Å². The molecule has 0 aliphatic heterocycles. The molecular weight excluding hydrogens is 566 g/mol. The predicted octanol–water partition coefficient (Wildman–Crippen LogP) is 5.29. The molecule has 0 fully saturated rings. The first kappa shape index (κ1) is 29.4. The molecule has 0 heterocycles. The summed E-state index contributed by atoms with van der Waals surface area (Å²) in [4.78, 5) is 28.3. The summed E-state index contributed by atoms with van der Waals surface area (Å²) in [6.07, 6.45) is 1.76. The molecule has 0 saturated carbocycles. The number of benzene rings is 3. The van der Waals surface area contributed by atoms with Crippen LogP contribution in [0.1, 0.15) is 37.8 Å². The highest BCUT2D eigenvalue weighted by Gasteiger charge is 2.32. The zero-order valence-corrected chi connectivity index (χ0v) is 24.3. The largest absolute Gasteiger partial charge is 0.354 e. The van der Waals surface area contributed by atoms with E-state index in [1.807, 2.05) is 38.1 Å². The maximum atomic E-state index is 13.8. The molecule has 0 bridgehead atoms. The fourth-order valence-corrected chi connectivity index (χ4v) is 5.56. The molecule has 0 unspecified atom stereocenters. The number of unbranched alkanes of at least 4 members (excludes halogenated alkanes) is 1. The van der Waals surface area contributed by atoms with E-state index in [0.29, 0.717) is 12.2 Å². The van der Waals surface area contributed by atoms with Gasteiger partial charge in [-0.25, -0.2) is 8.42 Å². The van der Waals surface area contributed by atoms with Crippen molar-refractivity contribution in [3.63, 3.8) is 0 Å². The number of anilines is 1. The molecule has 0 aliphatic carbocycles. The van der Waals surface area contributed by atoms with Gasteiger partial charge in [0.15, 0.2) is 0 Å². The van der Waals surface area contributed by atoms with Gasteiger partial charge in [0.25, 0.3) is 10.0 Å². The van der Waals surface area contributed by atoms with Crippen molar-refractivity contribution in [2.45, 2.75) is 51.1 Å². The Morgan fingerprint density at radius 3 is 2.18 bits per heavy atom. The lowest BCUT2D eigenvalue weighted by atomic mass is 10.1. The molecule has 0 aromatic heterocycles. The van der Waals surface area contributed by atoms with Crippen molar-refractivity contribution in [3.8, 4) is 0 Å². The van der Waals surface area contributed by atoms with Crippen LogP contribution < -0.4 is 9.62 Å². The number of nitrogens with one attached hydrogen (secondary N) is 1. The molecule has 3 rings (SSSR count). The fraction of sp³-hybridized carbons (Fsp3) is 0.310. The molecule has 7 nitrogen and oxygen atoms in total. The van der Waals surface area contributed by atoms with Crippen molar-refractivity contribution in [1.82, 2.24) is 10.2 Å². The number of hydrogen-bond acceptors (Lipinski definition) is 4. The van der Waals surface area contributed by atoms with Crippen LogP contribution in [0.2, 0.25) is 0 Å². The van der Waals surface area contributed by atoms with Gasteiger partial charge in [-0.2, -0.15) is 0 Å². The standard InChI is InChI=1S/C29H34BrN3O4S/c1-4-5-19-31-29(35)23(3)32(20-24-13-15-25(30)16-14-24)28(34)21-33(26-17-11-22(2)12-18-26)38(36,37)27-9-7-6-8-10-27/h6-18,23H,4-5,19-21H2,1-3H3,(H,31,35)/t23-/m0/s1. The summed E-state index contributed by atoms with van der Waals surface area (Å²) in [7, 11) is -4.06. The van der Waals surface area contributed by atoms with E-state index in [9.17, 15) is 18.0 Å². The molecular formula is C29H34BrN3O4S. The summed E-state index contributed by atoms with van der Waals surface area (Å²) in [5.74, 6) is -0.761. The third kappa shape index (κ3) is 7.68. The van der Waals surface area contributed by atoms with E-state index in [-0.39, 0.29) is 17.3 Å². The maximum Gasteiger partial charge on any atom is 0.264 e. The summed E-state index contributed by atoms with van der Waals surface area (Å²) >= 11 is 3.42. The number of nitrogens with zero attached hydrogens (tertiary/aromatic N) is 2. The van der Waals surface area contributed by atoms with Crippen molar-refractivity contribution in [3.05, 3.63) is 94.5 Å². The summed E-state index contributed by atoms with van der Waals surface area (Å²) in [5.41, 5.74) is 2.16. The van der Waals surface area contributed by atoms with Gasteiger partial charge in [-0.1, -0.05) is 77.3 Å². The van der Waals surface area contributed by atoms with E-state index in [4.69, 9.17) is 0 Å². The lowest BCUT2D eigenvalue weighted by molar-refractivity contribution is -0.139. The molecule has 3 aromatic carbocycles. The number of halogens is 1. The highest BCUT2D eigenvalue weighted by atomic mass is 79.9. The molecule has 2 amide bonds. The van der Waals surface area contributed by atoms with Gasteiger partial charge in [0.1, 0.15) is 12.6 Å². The van der Waals surface area contributed by atoms with E-state index in [0.717, 1.165) is 32.7 Å². The predicted molar refractivity (Wildman–Crippen MR) is 154 cm³/mol. The molecule has 38 heavy (non-hydrogen) atoms. The monoisotopic (exact) mass is 599 g/mol. The quantitative estimate of drug-likeness (QED) is 0.287. The second kappa shape index (κ2) is 13.6.